The van der Waals surface area contributed by atoms with Gasteiger partial charge < -0.3 is 20.1 Å². The first-order valence-electron chi connectivity index (χ1n) is 7.98. The van der Waals surface area contributed by atoms with E-state index in [2.05, 4.69) is 20.6 Å². The molecule has 26 heavy (non-hydrogen) atoms. The molecule has 2 aromatic carbocycles. The third-order valence-electron chi connectivity index (χ3n) is 3.70. The number of ether oxygens (including phenoxy) is 2. The molecule has 7 heteroatoms. The van der Waals surface area contributed by atoms with E-state index < -0.39 is 0 Å². The molecule has 2 N–H and O–H groups in total. The highest BCUT2D eigenvalue weighted by Crippen LogP contribution is 2.30. The lowest BCUT2D eigenvalue weighted by Crippen LogP contribution is -2.04. The number of nitrogens with one attached hydrogen (secondary N) is 2. The predicted octanol–water partition coefficient (Wildman–Crippen LogP) is 4.50. The Hall–Kier alpha value is -2.99. The maximum absolute atomic E-state index is 5.90. The van der Waals surface area contributed by atoms with E-state index in [4.69, 9.17) is 21.1 Å². The minimum atomic E-state index is 0.456. The van der Waals surface area contributed by atoms with E-state index in [9.17, 15) is 0 Å². The lowest BCUT2D eigenvalue weighted by atomic mass is 10.2. The number of rotatable bonds is 7. The van der Waals surface area contributed by atoms with Gasteiger partial charge in [0, 0.05) is 23.8 Å². The molecule has 0 bridgehead atoms. The Bertz CT molecular complexity index is 872. The molecule has 0 saturated heterocycles. The van der Waals surface area contributed by atoms with Gasteiger partial charge in [0.05, 0.1) is 19.9 Å². The summed E-state index contributed by atoms with van der Waals surface area (Å²) in [5.74, 6) is 2.55. The van der Waals surface area contributed by atoms with Crippen molar-refractivity contribution < 1.29 is 9.47 Å². The van der Waals surface area contributed by atoms with Crippen LogP contribution in [0.5, 0.6) is 11.5 Å². The van der Waals surface area contributed by atoms with Gasteiger partial charge in [-0.05, 0) is 35.9 Å². The van der Waals surface area contributed by atoms with Gasteiger partial charge in [0.1, 0.15) is 17.3 Å². The molecule has 1 aromatic heterocycles. The second-order valence-corrected chi connectivity index (χ2v) is 5.87. The summed E-state index contributed by atoms with van der Waals surface area (Å²) in [6.07, 6.45) is 1.69. The van der Waals surface area contributed by atoms with Crippen molar-refractivity contribution in [1.82, 2.24) is 9.97 Å². The minimum absolute atomic E-state index is 0.456. The van der Waals surface area contributed by atoms with Gasteiger partial charge in [-0.25, -0.2) is 4.98 Å². The summed E-state index contributed by atoms with van der Waals surface area (Å²) in [4.78, 5) is 8.73. The standard InChI is InChI=1S/C19H19ClN4O2/c1-25-15-7-8-17(26-2)16(11-15)23-19-21-10-9-18(24-19)22-12-13-3-5-14(20)6-4-13/h3-11H,12H2,1-2H3,(H2,21,22,23,24). The van der Waals surface area contributed by atoms with Crippen LogP contribution in [-0.4, -0.2) is 24.2 Å². The molecule has 3 aromatic rings. The third kappa shape index (κ3) is 4.55. The van der Waals surface area contributed by atoms with Crippen LogP contribution < -0.4 is 20.1 Å². The van der Waals surface area contributed by atoms with E-state index in [1.807, 2.05) is 48.5 Å². The molecule has 0 aliphatic heterocycles. The van der Waals surface area contributed by atoms with Crippen LogP contribution in [0.4, 0.5) is 17.5 Å². The quantitative estimate of drug-likeness (QED) is 0.638. The second-order valence-electron chi connectivity index (χ2n) is 5.44. The molecule has 0 radical (unpaired) electrons. The molecule has 1 heterocycles. The second kappa shape index (κ2) is 8.40. The summed E-state index contributed by atoms with van der Waals surface area (Å²) in [5.41, 5.74) is 1.83. The highest BCUT2D eigenvalue weighted by Gasteiger charge is 2.07. The van der Waals surface area contributed by atoms with Crippen molar-refractivity contribution in [2.75, 3.05) is 24.9 Å². The maximum atomic E-state index is 5.90. The summed E-state index contributed by atoms with van der Waals surface area (Å²) in [7, 11) is 3.22. The number of hydrogen-bond acceptors (Lipinski definition) is 6. The molecule has 0 amide bonds. The maximum Gasteiger partial charge on any atom is 0.229 e. The van der Waals surface area contributed by atoms with Gasteiger partial charge in [-0.1, -0.05) is 23.7 Å². The van der Waals surface area contributed by atoms with Gasteiger partial charge in [-0.2, -0.15) is 4.98 Å². The van der Waals surface area contributed by atoms with Crippen LogP contribution in [0.25, 0.3) is 0 Å². The summed E-state index contributed by atoms with van der Waals surface area (Å²) in [6, 6.07) is 15.0. The third-order valence-corrected chi connectivity index (χ3v) is 3.95. The number of benzene rings is 2. The van der Waals surface area contributed by atoms with Crippen LogP contribution in [-0.2, 0) is 6.54 Å². The number of halogens is 1. The van der Waals surface area contributed by atoms with Crippen molar-refractivity contribution in [3.05, 3.63) is 65.3 Å². The van der Waals surface area contributed by atoms with E-state index >= 15 is 0 Å². The largest absolute Gasteiger partial charge is 0.497 e. The number of anilines is 3. The lowest BCUT2D eigenvalue weighted by Gasteiger charge is -2.12. The fourth-order valence-electron chi connectivity index (χ4n) is 2.34. The zero-order valence-electron chi connectivity index (χ0n) is 14.5. The van der Waals surface area contributed by atoms with Crippen molar-refractivity contribution in [2.24, 2.45) is 0 Å². The highest BCUT2D eigenvalue weighted by atomic mass is 35.5. The molecule has 0 unspecified atom stereocenters. The van der Waals surface area contributed by atoms with Gasteiger partial charge in [0.25, 0.3) is 0 Å². The summed E-state index contributed by atoms with van der Waals surface area (Å²) in [5, 5.41) is 7.14. The van der Waals surface area contributed by atoms with E-state index in [0.29, 0.717) is 29.8 Å². The topological polar surface area (TPSA) is 68.3 Å². The Balaban J connectivity index is 1.72. The van der Waals surface area contributed by atoms with Crippen molar-refractivity contribution in [3.63, 3.8) is 0 Å². The van der Waals surface area contributed by atoms with Gasteiger partial charge in [-0.3, -0.25) is 0 Å². The van der Waals surface area contributed by atoms with Gasteiger partial charge in [-0.15, -0.1) is 0 Å². The monoisotopic (exact) mass is 370 g/mol. The number of hydrogen-bond donors (Lipinski definition) is 2. The predicted molar refractivity (Wildman–Crippen MR) is 104 cm³/mol. The van der Waals surface area contributed by atoms with Crippen LogP contribution in [0.3, 0.4) is 0 Å². The number of nitrogens with zero attached hydrogens (tertiary/aromatic N) is 2. The minimum Gasteiger partial charge on any atom is -0.497 e. The van der Waals surface area contributed by atoms with Crippen LogP contribution >= 0.6 is 11.6 Å². The molecule has 0 aliphatic rings. The Morgan fingerprint density at radius 1 is 1.00 bits per heavy atom. The first kappa shape index (κ1) is 17.8. The van der Waals surface area contributed by atoms with Crippen molar-refractivity contribution in [3.8, 4) is 11.5 Å². The van der Waals surface area contributed by atoms with Gasteiger partial charge in [0.2, 0.25) is 5.95 Å². The number of aromatic nitrogens is 2. The van der Waals surface area contributed by atoms with Crippen LogP contribution in [0, 0.1) is 0 Å². The Labute approximate surface area is 157 Å². The van der Waals surface area contributed by atoms with Gasteiger partial charge in [0.15, 0.2) is 0 Å². The molecule has 0 fully saturated rings. The fourth-order valence-corrected chi connectivity index (χ4v) is 2.47. The fraction of sp³-hybridized carbons (Fsp3) is 0.158. The molecule has 3 rings (SSSR count). The zero-order chi connectivity index (χ0) is 18.4. The summed E-state index contributed by atoms with van der Waals surface area (Å²) >= 11 is 5.90. The van der Waals surface area contributed by atoms with Crippen LogP contribution in [0.15, 0.2) is 54.7 Å². The SMILES string of the molecule is COc1ccc(OC)c(Nc2nccc(NCc3ccc(Cl)cc3)n2)c1. The lowest BCUT2D eigenvalue weighted by molar-refractivity contribution is 0.405. The first-order chi connectivity index (χ1) is 12.7. The summed E-state index contributed by atoms with van der Waals surface area (Å²) in [6.45, 7) is 0.635. The van der Waals surface area contributed by atoms with E-state index in [1.165, 1.54) is 0 Å². The molecular weight excluding hydrogens is 352 g/mol. The number of methoxy groups -OCH3 is 2. The van der Waals surface area contributed by atoms with Crippen molar-refractivity contribution >= 4 is 29.1 Å². The van der Waals surface area contributed by atoms with E-state index in [-0.39, 0.29) is 0 Å². The Morgan fingerprint density at radius 3 is 2.54 bits per heavy atom. The normalized spacial score (nSPS) is 10.3. The molecule has 0 aliphatic carbocycles. The Kier molecular flexibility index (Phi) is 5.76. The first-order valence-corrected chi connectivity index (χ1v) is 8.36. The molecule has 0 spiro atoms. The van der Waals surface area contributed by atoms with Crippen LogP contribution in [0.2, 0.25) is 5.02 Å². The molecular formula is C19H19ClN4O2. The molecule has 0 saturated carbocycles. The van der Waals surface area contributed by atoms with Gasteiger partial charge >= 0.3 is 0 Å². The Morgan fingerprint density at radius 2 is 1.81 bits per heavy atom. The highest BCUT2D eigenvalue weighted by molar-refractivity contribution is 6.30. The smallest absolute Gasteiger partial charge is 0.229 e. The zero-order valence-corrected chi connectivity index (χ0v) is 15.2. The molecule has 134 valence electrons. The molecule has 0 atom stereocenters. The summed E-state index contributed by atoms with van der Waals surface area (Å²) < 4.78 is 10.6. The van der Waals surface area contributed by atoms with Crippen molar-refractivity contribution in [2.45, 2.75) is 6.54 Å². The van der Waals surface area contributed by atoms with Crippen molar-refractivity contribution in [1.29, 1.82) is 0 Å². The van der Waals surface area contributed by atoms with Crippen LogP contribution in [0.1, 0.15) is 5.56 Å². The average molecular weight is 371 g/mol. The van der Waals surface area contributed by atoms with E-state index in [1.54, 1.807) is 20.4 Å². The van der Waals surface area contributed by atoms with E-state index in [0.717, 1.165) is 16.3 Å². The molecule has 6 nitrogen and oxygen atoms in total. The average Bonchev–Trinajstić information content (AvgIpc) is 2.68.